The Morgan fingerprint density at radius 1 is 1.19 bits per heavy atom. The van der Waals surface area contributed by atoms with Gasteiger partial charge in [-0.2, -0.15) is 0 Å². The smallest absolute Gasteiger partial charge is 0.251 e. The molecule has 0 aliphatic carbocycles. The molecular formula is C26H28FN7O3. The third-order valence-electron chi connectivity index (χ3n) is 6.50. The number of rotatable bonds is 6. The van der Waals surface area contributed by atoms with Gasteiger partial charge in [0, 0.05) is 31.1 Å². The lowest BCUT2D eigenvalue weighted by Crippen LogP contribution is -2.37. The van der Waals surface area contributed by atoms with Crippen molar-refractivity contribution in [2.75, 3.05) is 32.5 Å². The molecule has 10 nitrogen and oxygen atoms in total. The number of aryl methyl sites for hydroxylation is 1. The number of fused-ring (bicyclic) bond motifs is 1. The number of benzene rings is 1. The Hall–Kier alpha value is -4.12. The van der Waals surface area contributed by atoms with E-state index >= 15 is 0 Å². The maximum Gasteiger partial charge on any atom is 0.251 e. The van der Waals surface area contributed by atoms with Crippen molar-refractivity contribution in [3.63, 3.8) is 0 Å². The van der Waals surface area contributed by atoms with Crippen molar-refractivity contribution in [2.24, 2.45) is 4.99 Å². The van der Waals surface area contributed by atoms with Gasteiger partial charge in [-0.15, -0.1) is 0 Å². The number of hydrogen-bond acceptors (Lipinski definition) is 9. The van der Waals surface area contributed by atoms with Gasteiger partial charge in [0.25, 0.3) is 5.91 Å². The highest BCUT2D eigenvalue weighted by Gasteiger charge is 2.29. The molecule has 1 atom stereocenters. The number of methoxy groups -OCH3 is 1. The molecule has 3 aromatic rings. The predicted molar refractivity (Wildman–Crippen MR) is 135 cm³/mol. The largest absolute Gasteiger partial charge is 0.481 e. The molecule has 2 aromatic heterocycles. The maximum absolute atomic E-state index is 14.4. The van der Waals surface area contributed by atoms with E-state index in [9.17, 15) is 9.18 Å². The summed E-state index contributed by atoms with van der Waals surface area (Å²) in [4.78, 5) is 37.9. The first-order valence-corrected chi connectivity index (χ1v) is 12.1. The Labute approximate surface area is 213 Å². The van der Waals surface area contributed by atoms with E-state index in [1.807, 2.05) is 6.92 Å². The van der Waals surface area contributed by atoms with E-state index in [4.69, 9.17) is 20.3 Å². The standard InChI is InChI=1S/C26H28FN7O3/c1-15-24-21(32-26(28)29-15)13-20(31-25(24)33-37-14-23(35)34-10-3-4-11-34)17-9-8-16(27)12-18(17)19-6-5-7-22(30-19)36-2/h5-9,12,20H,3-4,10-11,13-14H2,1-2H3,(H,31,33)(H2,28,29,32). The van der Waals surface area contributed by atoms with Crippen LogP contribution in [-0.2, 0) is 16.1 Å². The Morgan fingerprint density at radius 2 is 2.00 bits per heavy atom. The number of nitrogens with two attached hydrogens (primary N) is 1. The summed E-state index contributed by atoms with van der Waals surface area (Å²) < 4.78 is 19.6. The molecule has 0 spiro atoms. The number of ether oxygens (including phenoxy) is 1. The molecular weight excluding hydrogens is 477 g/mol. The third kappa shape index (κ3) is 5.21. The summed E-state index contributed by atoms with van der Waals surface area (Å²) in [6.07, 6.45) is 2.41. The van der Waals surface area contributed by atoms with E-state index in [0.29, 0.717) is 46.3 Å². The number of halogens is 1. The van der Waals surface area contributed by atoms with E-state index in [2.05, 4.69) is 20.4 Å². The summed E-state index contributed by atoms with van der Waals surface area (Å²) in [5.41, 5.74) is 12.7. The highest BCUT2D eigenvalue weighted by molar-refractivity contribution is 6.01. The molecule has 37 heavy (non-hydrogen) atoms. The summed E-state index contributed by atoms with van der Waals surface area (Å²) in [6.45, 7) is 3.16. The molecule has 0 bridgehead atoms. The minimum absolute atomic E-state index is 0.0895. The number of aliphatic imine (C=N–C) groups is 1. The molecule has 2 aliphatic heterocycles. The van der Waals surface area contributed by atoms with Crippen LogP contribution in [0, 0.1) is 12.7 Å². The second-order valence-corrected chi connectivity index (χ2v) is 8.96. The van der Waals surface area contributed by atoms with Crippen LogP contribution in [0.4, 0.5) is 10.3 Å². The summed E-state index contributed by atoms with van der Waals surface area (Å²) in [7, 11) is 1.53. The quantitative estimate of drug-likeness (QED) is 0.490. The number of carbonyl (C=O) groups is 1. The lowest BCUT2D eigenvalue weighted by atomic mass is 9.91. The molecule has 192 valence electrons. The minimum atomic E-state index is -0.454. The van der Waals surface area contributed by atoms with Gasteiger partial charge >= 0.3 is 0 Å². The number of anilines is 1. The Balaban J connectivity index is 1.49. The molecule has 1 fully saturated rings. The molecule has 5 rings (SSSR count). The normalized spacial score (nSPS) is 16.8. The van der Waals surface area contributed by atoms with E-state index < -0.39 is 11.9 Å². The maximum atomic E-state index is 14.4. The number of aromatic nitrogens is 3. The van der Waals surface area contributed by atoms with E-state index in [0.717, 1.165) is 31.5 Å². The Morgan fingerprint density at radius 3 is 2.78 bits per heavy atom. The van der Waals surface area contributed by atoms with Crippen molar-refractivity contribution in [1.82, 2.24) is 25.3 Å². The molecule has 1 aromatic carbocycles. The topological polar surface area (TPSA) is 128 Å². The fourth-order valence-electron chi connectivity index (χ4n) is 4.76. The van der Waals surface area contributed by atoms with Gasteiger partial charge in [-0.05, 0) is 43.5 Å². The van der Waals surface area contributed by atoms with Crippen molar-refractivity contribution in [2.45, 2.75) is 32.2 Å². The highest BCUT2D eigenvalue weighted by Crippen LogP contribution is 2.36. The molecule has 2 aliphatic rings. The van der Waals surface area contributed by atoms with Gasteiger partial charge in [-0.1, -0.05) is 12.1 Å². The number of amidine groups is 1. The highest BCUT2D eigenvalue weighted by atomic mass is 19.1. The van der Waals surface area contributed by atoms with Crippen LogP contribution in [0.2, 0.25) is 0 Å². The third-order valence-corrected chi connectivity index (χ3v) is 6.50. The van der Waals surface area contributed by atoms with Crippen LogP contribution >= 0.6 is 0 Å². The number of carbonyl (C=O) groups excluding carboxylic acids is 1. The van der Waals surface area contributed by atoms with E-state index in [1.54, 1.807) is 29.2 Å². The predicted octanol–water partition coefficient (Wildman–Crippen LogP) is 2.76. The summed E-state index contributed by atoms with van der Waals surface area (Å²) in [5, 5.41) is 0. The summed E-state index contributed by atoms with van der Waals surface area (Å²) >= 11 is 0. The molecule has 3 N–H and O–H groups in total. The molecule has 1 unspecified atom stereocenters. The van der Waals surface area contributed by atoms with Gasteiger partial charge in [0.1, 0.15) is 5.82 Å². The number of likely N-dealkylation sites (tertiary alicyclic amines) is 1. The lowest BCUT2D eigenvalue weighted by molar-refractivity contribution is -0.136. The van der Waals surface area contributed by atoms with Crippen LogP contribution < -0.4 is 16.0 Å². The zero-order valence-corrected chi connectivity index (χ0v) is 20.7. The number of hydroxylamine groups is 1. The van der Waals surface area contributed by atoms with Crippen LogP contribution in [0.15, 0.2) is 41.4 Å². The zero-order valence-electron chi connectivity index (χ0n) is 20.7. The number of nitrogen functional groups attached to an aromatic ring is 1. The minimum Gasteiger partial charge on any atom is -0.481 e. The van der Waals surface area contributed by atoms with Crippen molar-refractivity contribution in [3.8, 4) is 17.1 Å². The average molecular weight is 506 g/mol. The Bertz CT molecular complexity index is 1360. The SMILES string of the molecule is COc1cccc(-c2cc(F)ccc2C2Cc3nc(N)nc(C)c3C(NOCC(=O)N3CCCC3)=N2)n1. The number of pyridine rings is 1. The monoisotopic (exact) mass is 505 g/mol. The van der Waals surface area contributed by atoms with E-state index in [1.165, 1.54) is 19.2 Å². The van der Waals surface area contributed by atoms with Crippen molar-refractivity contribution in [1.29, 1.82) is 0 Å². The molecule has 11 heteroatoms. The summed E-state index contributed by atoms with van der Waals surface area (Å²) in [5.74, 6) is 0.461. The first-order valence-electron chi connectivity index (χ1n) is 12.1. The van der Waals surface area contributed by atoms with Gasteiger partial charge in [0.15, 0.2) is 12.4 Å². The first-order chi connectivity index (χ1) is 17.9. The van der Waals surface area contributed by atoms with Crippen molar-refractivity contribution >= 4 is 17.7 Å². The lowest BCUT2D eigenvalue weighted by Gasteiger charge is -2.26. The zero-order chi connectivity index (χ0) is 25.9. The van der Waals surface area contributed by atoms with Gasteiger partial charge in [0.05, 0.1) is 35.8 Å². The number of hydrogen-bond donors (Lipinski definition) is 2. The van der Waals surface area contributed by atoms with Crippen LogP contribution in [0.1, 0.15) is 41.4 Å². The van der Waals surface area contributed by atoms with Crippen molar-refractivity contribution in [3.05, 3.63) is 64.7 Å². The first kappa shape index (κ1) is 24.6. The Kier molecular flexibility index (Phi) is 6.95. The van der Waals surface area contributed by atoms with Crippen LogP contribution in [-0.4, -0.2) is 58.4 Å². The fraction of sp³-hybridized carbons (Fsp3) is 0.346. The second kappa shape index (κ2) is 10.5. The molecule has 1 saturated heterocycles. The van der Waals surface area contributed by atoms with Gasteiger partial charge in [-0.25, -0.2) is 24.8 Å². The van der Waals surface area contributed by atoms with Crippen LogP contribution in [0.25, 0.3) is 11.3 Å². The van der Waals surface area contributed by atoms with E-state index in [-0.39, 0.29) is 18.5 Å². The van der Waals surface area contributed by atoms with Crippen molar-refractivity contribution < 1.29 is 18.8 Å². The molecule has 0 radical (unpaired) electrons. The fourth-order valence-corrected chi connectivity index (χ4v) is 4.76. The molecule has 0 saturated carbocycles. The number of nitrogens with one attached hydrogen (secondary N) is 1. The van der Waals surface area contributed by atoms with Gasteiger partial charge < -0.3 is 15.4 Å². The molecule has 4 heterocycles. The summed E-state index contributed by atoms with van der Waals surface area (Å²) in [6, 6.07) is 9.37. The number of amides is 1. The van der Waals surface area contributed by atoms with Gasteiger partial charge in [-0.3, -0.25) is 14.6 Å². The van der Waals surface area contributed by atoms with Gasteiger partial charge in [0.2, 0.25) is 11.8 Å². The molecule has 1 amide bonds. The second-order valence-electron chi connectivity index (χ2n) is 8.96. The number of nitrogens with zero attached hydrogens (tertiary/aromatic N) is 5. The van der Waals surface area contributed by atoms with Crippen LogP contribution in [0.3, 0.4) is 0 Å². The average Bonchev–Trinajstić information content (AvgIpc) is 3.43. The van der Waals surface area contributed by atoms with Crippen LogP contribution in [0.5, 0.6) is 5.88 Å².